The molecule has 0 radical (unpaired) electrons. The molecule has 1 aliphatic heterocycles. The SMILES string of the molecule is CC(C)Oc1ccc(-c2nc(-c3cccc4c3CCC4NC(=O)N3CCC(CC=O)CC3)no2)cc1C#N. The molecule has 1 aromatic heterocycles. The monoisotopic (exact) mass is 513 g/mol. The molecular formula is C29H31N5O4. The average Bonchev–Trinajstić information content (AvgIpc) is 3.57. The molecule has 2 aliphatic rings. The van der Waals surface area contributed by atoms with Gasteiger partial charge in [0.05, 0.1) is 17.7 Å². The van der Waals surface area contributed by atoms with Crippen molar-refractivity contribution >= 4 is 12.3 Å². The summed E-state index contributed by atoms with van der Waals surface area (Å²) in [4.78, 5) is 30.2. The number of hydrogen-bond donors (Lipinski definition) is 1. The number of benzene rings is 2. The van der Waals surface area contributed by atoms with E-state index in [1.165, 1.54) is 0 Å². The highest BCUT2D eigenvalue weighted by Crippen LogP contribution is 2.38. The molecule has 1 saturated heterocycles. The van der Waals surface area contributed by atoms with E-state index in [1.54, 1.807) is 18.2 Å². The molecule has 1 fully saturated rings. The number of carbonyl (C=O) groups excluding carboxylic acids is 2. The number of hydrogen-bond acceptors (Lipinski definition) is 7. The Morgan fingerprint density at radius 3 is 2.82 bits per heavy atom. The molecule has 5 rings (SSSR count). The number of nitrogens with zero attached hydrogens (tertiary/aromatic N) is 4. The molecule has 9 heteroatoms. The van der Waals surface area contributed by atoms with Gasteiger partial charge in [0.15, 0.2) is 0 Å². The number of rotatable bonds is 7. The molecular weight excluding hydrogens is 482 g/mol. The molecule has 1 atom stereocenters. The van der Waals surface area contributed by atoms with Crippen LogP contribution in [0.5, 0.6) is 5.75 Å². The van der Waals surface area contributed by atoms with Crippen molar-refractivity contribution in [2.75, 3.05) is 13.1 Å². The lowest BCUT2D eigenvalue weighted by Gasteiger charge is -2.32. The number of likely N-dealkylation sites (tertiary alicyclic amines) is 1. The number of carbonyl (C=O) groups is 2. The molecule has 0 saturated carbocycles. The third-order valence-electron chi connectivity index (χ3n) is 7.28. The maximum Gasteiger partial charge on any atom is 0.317 e. The molecule has 38 heavy (non-hydrogen) atoms. The Hall–Kier alpha value is -4.19. The van der Waals surface area contributed by atoms with E-state index in [4.69, 9.17) is 9.26 Å². The third-order valence-corrected chi connectivity index (χ3v) is 7.28. The smallest absolute Gasteiger partial charge is 0.317 e. The van der Waals surface area contributed by atoms with Gasteiger partial charge in [-0.25, -0.2) is 4.79 Å². The summed E-state index contributed by atoms with van der Waals surface area (Å²) >= 11 is 0. The maximum absolute atomic E-state index is 13.0. The molecule has 9 nitrogen and oxygen atoms in total. The molecule has 0 spiro atoms. The van der Waals surface area contributed by atoms with E-state index >= 15 is 0 Å². The fourth-order valence-corrected chi connectivity index (χ4v) is 5.32. The number of piperidine rings is 1. The lowest BCUT2D eigenvalue weighted by Crippen LogP contribution is -2.45. The number of aromatic nitrogens is 2. The Bertz CT molecular complexity index is 1370. The fourth-order valence-electron chi connectivity index (χ4n) is 5.32. The van der Waals surface area contributed by atoms with Gasteiger partial charge in [-0.1, -0.05) is 23.4 Å². The van der Waals surface area contributed by atoms with Gasteiger partial charge in [-0.05, 0) is 74.8 Å². The Morgan fingerprint density at radius 2 is 2.08 bits per heavy atom. The number of urea groups is 1. The van der Waals surface area contributed by atoms with Crippen LogP contribution in [0.2, 0.25) is 0 Å². The van der Waals surface area contributed by atoms with E-state index in [1.807, 2.05) is 36.9 Å². The third kappa shape index (κ3) is 5.25. The van der Waals surface area contributed by atoms with Gasteiger partial charge >= 0.3 is 6.03 Å². The van der Waals surface area contributed by atoms with Crippen molar-refractivity contribution in [2.45, 2.75) is 58.1 Å². The van der Waals surface area contributed by atoms with Gasteiger partial charge in [0.25, 0.3) is 5.89 Å². The Labute approximate surface area is 221 Å². The van der Waals surface area contributed by atoms with Crippen molar-refractivity contribution in [3.8, 4) is 34.7 Å². The van der Waals surface area contributed by atoms with Gasteiger partial charge < -0.3 is 24.3 Å². The second-order valence-electron chi connectivity index (χ2n) is 10.2. The van der Waals surface area contributed by atoms with E-state index in [0.29, 0.717) is 54.0 Å². The van der Waals surface area contributed by atoms with Gasteiger partial charge in [-0.3, -0.25) is 0 Å². The zero-order chi connectivity index (χ0) is 26.6. The van der Waals surface area contributed by atoms with Crippen LogP contribution in [0.4, 0.5) is 4.79 Å². The summed E-state index contributed by atoms with van der Waals surface area (Å²) in [6, 6.07) is 13.2. The predicted molar refractivity (Wildman–Crippen MR) is 140 cm³/mol. The molecule has 196 valence electrons. The number of fused-ring (bicyclic) bond motifs is 1. The van der Waals surface area contributed by atoms with Crippen LogP contribution >= 0.6 is 0 Å². The zero-order valence-electron chi connectivity index (χ0n) is 21.6. The Kier molecular flexibility index (Phi) is 7.40. The topological polar surface area (TPSA) is 121 Å². The van der Waals surface area contributed by atoms with Crippen LogP contribution in [0.15, 0.2) is 40.9 Å². The van der Waals surface area contributed by atoms with Crippen LogP contribution in [0.25, 0.3) is 22.8 Å². The predicted octanol–water partition coefficient (Wildman–Crippen LogP) is 5.06. The molecule has 2 heterocycles. The number of nitrogens with one attached hydrogen (secondary N) is 1. The standard InChI is InChI=1S/C29H31N5O4/c1-18(2)37-26-9-6-20(16-21(26)17-30)28-32-27(33-38-28)24-5-3-4-23-22(24)7-8-25(23)31-29(36)34-13-10-19(11-14-34)12-15-35/h3-6,9,15-16,18-19,25H,7-8,10-14H2,1-2H3,(H,31,36). The highest BCUT2D eigenvalue weighted by molar-refractivity contribution is 5.76. The van der Waals surface area contributed by atoms with Gasteiger partial charge in [-0.2, -0.15) is 10.2 Å². The van der Waals surface area contributed by atoms with E-state index in [-0.39, 0.29) is 18.2 Å². The molecule has 1 N–H and O–H groups in total. The van der Waals surface area contributed by atoms with Gasteiger partial charge in [0.1, 0.15) is 18.1 Å². The van der Waals surface area contributed by atoms with E-state index < -0.39 is 0 Å². The van der Waals surface area contributed by atoms with E-state index in [2.05, 4.69) is 21.5 Å². The Balaban J connectivity index is 1.31. The van der Waals surface area contributed by atoms with Crippen molar-refractivity contribution in [1.82, 2.24) is 20.4 Å². The summed E-state index contributed by atoms with van der Waals surface area (Å²) in [5, 5.41) is 17.0. The summed E-state index contributed by atoms with van der Waals surface area (Å²) in [5.41, 5.74) is 4.10. The van der Waals surface area contributed by atoms with Crippen LogP contribution in [0.3, 0.4) is 0 Å². The van der Waals surface area contributed by atoms with Crippen molar-refractivity contribution in [3.63, 3.8) is 0 Å². The minimum atomic E-state index is -0.0804. The molecule has 0 bridgehead atoms. The highest BCUT2D eigenvalue weighted by atomic mass is 16.5. The lowest BCUT2D eigenvalue weighted by atomic mass is 9.94. The van der Waals surface area contributed by atoms with Crippen molar-refractivity contribution in [2.24, 2.45) is 5.92 Å². The first-order chi connectivity index (χ1) is 18.5. The molecule has 2 aromatic carbocycles. The fraction of sp³-hybridized carbons (Fsp3) is 0.414. The van der Waals surface area contributed by atoms with Crippen LogP contribution in [-0.4, -0.2) is 46.6 Å². The minimum Gasteiger partial charge on any atom is -0.490 e. The molecule has 1 unspecified atom stereocenters. The highest BCUT2D eigenvalue weighted by Gasteiger charge is 2.30. The molecule has 2 amide bonds. The van der Waals surface area contributed by atoms with Gasteiger partial charge in [0, 0.05) is 30.6 Å². The summed E-state index contributed by atoms with van der Waals surface area (Å²) in [7, 11) is 0. The number of ether oxygens (including phenoxy) is 1. The van der Waals surface area contributed by atoms with E-state index in [9.17, 15) is 14.9 Å². The second kappa shape index (κ2) is 11.1. The average molecular weight is 514 g/mol. The van der Waals surface area contributed by atoms with Crippen LogP contribution in [0, 0.1) is 17.2 Å². The largest absolute Gasteiger partial charge is 0.490 e. The summed E-state index contributed by atoms with van der Waals surface area (Å²) < 4.78 is 11.3. The normalized spacial score (nSPS) is 17.2. The first-order valence-electron chi connectivity index (χ1n) is 13.1. The lowest BCUT2D eigenvalue weighted by molar-refractivity contribution is -0.108. The minimum absolute atomic E-state index is 0.0441. The summed E-state index contributed by atoms with van der Waals surface area (Å²) in [5.74, 6) is 1.70. The van der Waals surface area contributed by atoms with Crippen molar-refractivity contribution in [1.29, 1.82) is 5.26 Å². The first kappa shape index (κ1) is 25.5. The van der Waals surface area contributed by atoms with Crippen molar-refractivity contribution in [3.05, 3.63) is 53.1 Å². The quantitative estimate of drug-likeness (QED) is 0.438. The van der Waals surface area contributed by atoms with Gasteiger partial charge in [0.2, 0.25) is 5.82 Å². The zero-order valence-corrected chi connectivity index (χ0v) is 21.6. The van der Waals surface area contributed by atoms with Crippen LogP contribution in [-0.2, 0) is 11.2 Å². The number of nitriles is 1. The summed E-state index contributed by atoms with van der Waals surface area (Å²) in [6.45, 7) is 5.17. The van der Waals surface area contributed by atoms with E-state index in [0.717, 1.165) is 48.7 Å². The van der Waals surface area contributed by atoms with Gasteiger partial charge in [-0.15, -0.1) is 0 Å². The van der Waals surface area contributed by atoms with Crippen LogP contribution in [0.1, 0.15) is 62.3 Å². The van der Waals surface area contributed by atoms with Crippen LogP contribution < -0.4 is 10.1 Å². The Morgan fingerprint density at radius 1 is 1.26 bits per heavy atom. The molecule has 3 aromatic rings. The number of aldehydes is 1. The summed E-state index contributed by atoms with van der Waals surface area (Å²) in [6.07, 6.45) is 4.82. The van der Waals surface area contributed by atoms with Crippen molar-refractivity contribution < 1.29 is 18.8 Å². The first-order valence-corrected chi connectivity index (χ1v) is 13.1. The number of amides is 2. The molecule has 1 aliphatic carbocycles. The second-order valence-corrected chi connectivity index (χ2v) is 10.2. The maximum atomic E-state index is 13.0.